The molecule has 0 heterocycles. The molecule has 0 saturated carbocycles. The quantitative estimate of drug-likeness (QED) is 0.546. The van der Waals surface area contributed by atoms with Crippen molar-refractivity contribution >= 4 is 33.0 Å². The van der Waals surface area contributed by atoms with E-state index < -0.39 is 14.8 Å². The zero-order valence-electron chi connectivity index (χ0n) is 16.7. The van der Waals surface area contributed by atoms with E-state index in [2.05, 4.69) is 15.4 Å². The minimum atomic E-state index is -3.33. The number of rotatable bonds is 9. The smallest absolute Gasteiger partial charge is 0.224 e. The van der Waals surface area contributed by atoms with Crippen LogP contribution >= 0.6 is 0 Å². The highest BCUT2D eigenvalue weighted by Gasteiger charge is 2.27. The van der Waals surface area contributed by atoms with Gasteiger partial charge in [-0.2, -0.15) is 0 Å². The molecule has 0 spiro atoms. The van der Waals surface area contributed by atoms with E-state index in [1.54, 1.807) is 20.8 Å². The summed E-state index contributed by atoms with van der Waals surface area (Å²) >= 11 is 0. The lowest BCUT2D eigenvalue weighted by atomic mass is 10.2. The molecular formula is C21H29N3O3S. The molecule has 0 saturated heterocycles. The van der Waals surface area contributed by atoms with Crippen molar-refractivity contribution in [2.24, 2.45) is 0 Å². The van der Waals surface area contributed by atoms with E-state index in [0.29, 0.717) is 25.8 Å². The van der Waals surface area contributed by atoms with Gasteiger partial charge in [-0.05, 0) is 70.0 Å². The molecule has 1 amide bonds. The summed E-state index contributed by atoms with van der Waals surface area (Å²) in [6.45, 7) is 5.31. The van der Waals surface area contributed by atoms with Gasteiger partial charge in [0, 0.05) is 30.0 Å². The summed E-state index contributed by atoms with van der Waals surface area (Å²) in [4.78, 5) is 12.0. The first kappa shape index (κ1) is 21.9. The maximum Gasteiger partial charge on any atom is 0.224 e. The summed E-state index contributed by atoms with van der Waals surface area (Å²) in [5, 5.41) is 6.15. The van der Waals surface area contributed by atoms with Crippen LogP contribution in [0.3, 0.4) is 0 Å². The number of amides is 1. The lowest BCUT2D eigenvalue weighted by molar-refractivity contribution is -0.116. The van der Waals surface area contributed by atoms with Gasteiger partial charge in [-0.25, -0.2) is 13.1 Å². The first-order valence-corrected chi connectivity index (χ1v) is 10.9. The van der Waals surface area contributed by atoms with E-state index in [0.717, 1.165) is 17.1 Å². The van der Waals surface area contributed by atoms with Crippen molar-refractivity contribution in [1.29, 1.82) is 0 Å². The van der Waals surface area contributed by atoms with Crippen molar-refractivity contribution in [3.8, 4) is 0 Å². The van der Waals surface area contributed by atoms with Crippen LogP contribution in [-0.2, 0) is 14.8 Å². The van der Waals surface area contributed by atoms with Gasteiger partial charge in [0.05, 0.1) is 4.75 Å². The van der Waals surface area contributed by atoms with Gasteiger partial charge in [0.25, 0.3) is 0 Å². The summed E-state index contributed by atoms with van der Waals surface area (Å²) in [6.07, 6.45) is 1.58. The third kappa shape index (κ3) is 6.98. The summed E-state index contributed by atoms with van der Waals surface area (Å²) in [5.41, 5.74) is 2.67. The van der Waals surface area contributed by atoms with Crippen LogP contribution in [0.2, 0.25) is 0 Å². The number of hydrogen-bond donors (Lipinski definition) is 3. The number of anilines is 3. The minimum absolute atomic E-state index is 0.0811. The second kappa shape index (κ2) is 9.71. The lowest BCUT2D eigenvalue weighted by Crippen LogP contribution is -2.39. The topological polar surface area (TPSA) is 87.3 Å². The number of sulfonamides is 1. The number of hydrogen-bond acceptors (Lipinski definition) is 4. The number of carbonyl (C=O) groups is 1. The Balaban J connectivity index is 1.70. The van der Waals surface area contributed by atoms with E-state index in [1.165, 1.54) is 0 Å². The van der Waals surface area contributed by atoms with Crippen molar-refractivity contribution in [2.75, 3.05) is 17.2 Å². The highest BCUT2D eigenvalue weighted by atomic mass is 32.2. The fourth-order valence-electron chi connectivity index (χ4n) is 2.38. The van der Waals surface area contributed by atoms with Gasteiger partial charge < -0.3 is 10.6 Å². The van der Waals surface area contributed by atoms with Crippen LogP contribution in [0.4, 0.5) is 17.1 Å². The Morgan fingerprint density at radius 2 is 1.43 bits per heavy atom. The summed E-state index contributed by atoms with van der Waals surface area (Å²) in [5.74, 6) is -0.0811. The molecule has 2 aromatic carbocycles. The fraction of sp³-hybridized carbons (Fsp3) is 0.381. The van der Waals surface area contributed by atoms with E-state index in [1.807, 2.05) is 54.6 Å². The molecule has 7 heteroatoms. The maximum absolute atomic E-state index is 12.0. The van der Waals surface area contributed by atoms with Crippen molar-refractivity contribution in [1.82, 2.24) is 4.72 Å². The first-order chi connectivity index (χ1) is 13.2. The van der Waals surface area contributed by atoms with Crippen LogP contribution in [0, 0.1) is 0 Å². The van der Waals surface area contributed by atoms with Crippen molar-refractivity contribution < 1.29 is 13.2 Å². The zero-order valence-corrected chi connectivity index (χ0v) is 17.5. The Labute approximate surface area is 167 Å². The molecule has 0 atom stereocenters. The molecule has 0 aliphatic carbocycles. The molecule has 0 aliphatic rings. The first-order valence-electron chi connectivity index (χ1n) is 9.38. The molecule has 0 aliphatic heterocycles. The molecule has 2 rings (SSSR count). The van der Waals surface area contributed by atoms with Crippen LogP contribution < -0.4 is 15.4 Å². The van der Waals surface area contributed by atoms with E-state index in [-0.39, 0.29) is 5.91 Å². The van der Waals surface area contributed by atoms with Crippen LogP contribution in [0.15, 0.2) is 54.6 Å². The Hall–Kier alpha value is -2.38. The second-order valence-electron chi connectivity index (χ2n) is 7.58. The van der Waals surface area contributed by atoms with Crippen molar-refractivity contribution in [2.45, 2.75) is 44.8 Å². The van der Waals surface area contributed by atoms with Crippen LogP contribution in [0.1, 0.15) is 40.0 Å². The summed E-state index contributed by atoms with van der Waals surface area (Å²) < 4.78 is 25.6. The summed E-state index contributed by atoms with van der Waals surface area (Å²) in [6, 6.07) is 17.4. The number of unbranched alkanes of at least 4 members (excludes halogenated alkanes) is 1. The minimum Gasteiger partial charge on any atom is -0.356 e. The molecule has 2 aromatic rings. The van der Waals surface area contributed by atoms with Gasteiger partial charge >= 0.3 is 0 Å². The number of benzene rings is 2. The SMILES string of the molecule is CC(C)(C)S(=O)(=O)NCCCCC(=O)Nc1ccc(Nc2ccccc2)cc1. The molecule has 28 heavy (non-hydrogen) atoms. The van der Waals surface area contributed by atoms with Crippen molar-refractivity contribution in [3.63, 3.8) is 0 Å². The Morgan fingerprint density at radius 1 is 0.857 bits per heavy atom. The third-order valence-electron chi connectivity index (χ3n) is 4.16. The molecule has 0 radical (unpaired) electrons. The average Bonchev–Trinajstić information content (AvgIpc) is 2.63. The molecule has 152 valence electrons. The third-order valence-corrected chi connectivity index (χ3v) is 6.36. The van der Waals surface area contributed by atoms with Gasteiger partial charge in [0.15, 0.2) is 0 Å². The molecular weight excluding hydrogens is 374 g/mol. The van der Waals surface area contributed by atoms with Gasteiger partial charge in [-0.3, -0.25) is 4.79 Å². The van der Waals surface area contributed by atoms with Crippen molar-refractivity contribution in [3.05, 3.63) is 54.6 Å². The predicted octanol–water partition coefficient (Wildman–Crippen LogP) is 4.26. The molecule has 0 unspecified atom stereocenters. The molecule has 0 fully saturated rings. The van der Waals surface area contributed by atoms with Crippen LogP contribution in [0.5, 0.6) is 0 Å². The standard InChI is InChI=1S/C21H29N3O3S/c1-21(2,3)28(26,27)22-16-8-7-11-20(25)24-19-14-12-18(13-15-19)23-17-9-5-4-6-10-17/h4-6,9-10,12-15,22-23H,7-8,11,16H2,1-3H3,(H,24,25). The van der Waals surface area contributed by atoms with Gasteiger partial charge in [-0.1, -0.05) is 18.2 Å². The van der Waals surface area contributed by atoms with Crippen LogP contribution in [0.25, 0.3) is 0 Å². The Kier molecular flexibility index (Phi) is 7.60. The number of nitrogens with one attached hydrogen (secondary N) is 3. The Bertz CT molecular complexity index is 858. The average molecular weight is 404 g/mol. The van der Waals surface area contributed by atoms with Gasteiger partial charge in [0.2, 0.25) is 15.9 Å². The van der Waals surface area contributed by atoms with E-state index in [9.17, 15) is 13.2 Å². The number of carbonyl (C=O) groups excluding carboxylic acids is 1. The molecule has 6 nitrogen and oxygen atoms in total. The van der Waals surface area contributed by atoms with Gasteiger partial charge in [-0.15, -0.1) is 0 Å². The molecule has 0 bridgehead atoms. The zero-order chi connectivity index (χ0) is 20.6. The normalized spacial score (nSPS) is 11.8. The monoisotopic (exact) mass is 403 g/mol. The highest BCUT2D eigenvalue weighted by Crippen LogP contribution is 2.19. The largest absolute Gasteiger partial charge is 0.356 e. The second-order valence-corrected chi connectivity index (χ2v) is 10.1. The molecule has 0 aromatic heterocycles. The fourth-order valence-corrected chi connectivity index (χ4v) is 3.23. The molecule has 3 N–H and O–H groups in total. The van der Waals surface area contributed by atoms with E-state index >= 15 is 0 Å². The maximum atomic E-state index is 12.0. The lowest BCUT2D eigenvalue weighted by Gasteiger charge is -2.19. The predicted molar refractivity (Wildman–Crippen MR) is 115 cm³/mol. The summed E-state index contributed by atoms with van der Waals surface area (Å²) in [7, 11) is -3.33. The van der Waals surface area contributed by atoms with E-state index in [4.69, 9.17) is 0 Å². The van der Waals surface area contributed by atoms with Gasteiger partial charge in [0.1, 0.15) is 0 Å². The highest BCUT2D eigenvalue weighted by molar-refractivity contribution is 7.90. The Morgan fingerprint density at radius 3 is 2.04 bits per heavy atom. The number of para-hydroxylation sites is 1. The van der Waals surface area contributed by atoms with Crippen LogP contribution in [-0.4, -0.2) is 25.6 Å².